The minimum atomic E-state index is -2.51. The number of aliphatic hydroxyl groups excluding tert-OH is 5. The first kappa shape index (κ1) is 39.4. The molecule has 3 aromatic rings. The SMILES string of the molecule is NC1NC(=O)C2NCN(c3ccccc3Cc3cc4c(c(OCC(O)CC=O)c3OC3OC(CO)C(O)C(O)C3(O)CCO)C(=O)c3ccccc3C4=O)C2N1. The van der Waals surface area contributed by atoms with Crippen LogP contribution in [0, 0.1) is 0 Å². The van der Waals surface area contributed by atoms with E-state index in [0.29, 0.717) is 17.5 Å². The number of amides is 1. The van der Waals surface area contributed by atoms with Crippen LogP contribution in [0.25, 0.3) is 0 Å². The van der Waals surface area contributed by atoms with Crippen LogP contribution in [0.3, 0.4) is 0 Å². The van der Waals surface area contributed by atoms with Crippen LogP contribution >= 0.6 is 0 Å². The number of hydrogen-bond donors (Lipinski definition) is 10. The van der Waals surface area contributed by atoms with Crippen LogP contribution in [0.4, 0.5) is 5.69 Å². The number of nitrogens with one attached hydrogen (secondary N) is 3. The van der Waals surface area contributed by atoms with Crippen molar-refractivity contribution in [1.82, 2.24) is 16.0 Å². The second-order valence-electron chi connectivity index (χ2n) is 14.1. The molecule has 0 aromatic heterocycles. The number of ketones is 2. The number of para-hydroxylation sites is 1. The molecule has 9 unspecified atom stereocenters. The molecule has 0 radical (unpaired) electrons. The lowest BCUT2D eigenvalue weighted by atomic mass is 9.81. The Morgan fingerprint density at radius 3 is 2.43 bits per heavy atom. The van der Waals surface area contributed by atoms with Crippen LogP contribution in [0.15, 0.2) is 54.6 Å². The summed E-state index contributed by atoms with van der Waals surface area (Å²) in [6, 6.07) is 14.1. The van der Waals surface area contributed by atoms with Crippen LogP contribution in [0.2, 0.25) is 0 Å². The Hall–Kier alpha value is -4.86. The Morgan fingerprint density at radius 1 is 1.00 bits per heavy atom. The third-order valence-electron chi connectivity index (χ3n) is 10.6. The van der Waals surface area contributed by atoms with Gasteiger partial charge < -0.3 is 59.9 Å². The van der Waals surface area contributed by atoms with Gasteiger partial charge in [-0.25, -0.2) is 0 Å². The highest BCUT2D eigenvalue weighted by molar-refractivity contribution is 6.29. The lowest BCUT2D eigenvalue weighted by molar-refractivity contribution is -0.323. The minimum absolute atomic E-state index is 0.0511. The molecule has 18 heteroatoms. The van der Waals surface area contributed by atoms with Crippen LogP contribution < -0.4 is 36.1 Å². The molecule has 3 fully saturated rings. The summed E-state index contributed by atoms with van der Waals surface area (Å²) in [5.41, 5.74) is 4.83. The molecule has 1 amide bonds. The second-order valence-corrected chi connectivity index (χ2v) is 14.1. The molecular formula is C38H43N5O13. The molecule has 11 N–H and O–H groups in total. The Balaban J connectivity index is 1.41. The quantitative estimate of drug-likeness (QED) is 0.0620. The number of hydrogen-bond acceptors (Lipinski definition) is 17. The van der Waals surface area contributed by atoms with Gasteiger partial charge in [0.2, 0.25) is 12.2 Å². The molecule has 18 nitrogen and oxygen atoms in total. The maximum atomic E-state index is 14.3. The Morgan fingerprint density at radius 2 is 1.71 bits per heavy atom. The molecule has 7 rings (SSSR count). The molecule has 0 spiro atoms. The molecule has 3 saturated heterocycles. The van der Waals surface area contributed by atoms with Gasteiger partial charge in [0.25, 0.3) is 0 Å². The average molecular weight is 778 g/mol. The zero-order valence-electron chi connectivity index (χ0n) is 29.9. The molecule has 0 saturated carbocycles. The van der Waals surface area contributed by atoms with E-state index in [1.807, 2.05) is 11.0 Å². The number of nitrogens with two attached hydrogens (primary N) is 1. The van der Waals surface area contributed by atoms with Crippen molar-refractivity contribution in [3.8, 4) is 11.5 Å². The largest absolute Gasteiger partial charge is 0.486 e. The number of aliphatic hydroxyl groups is 6. The van der Waals surface area contributed by atoms with E-state index in [1.165, 1.54) is 18.2 Å². The van der Waals surface area contributed by atoms with Gasteiger partial charge in [-0.1, -0.05) is 42.5 Å². The van der Waals surface area contributed by atoms with Crippen molar-refractivity contribution in [3.05, 3.63) is 88.0 Å². The first-order valence-electron chi connectivity index (χ1n) is 18.1. The number of anilines is 1. The maximum Gasteiger partial charge on any atom is 0.242 e. The Labute approximate surface area is 319 Å². The molecule has 0 bridgehead atoms. The fourth-order valence-electron chi connectivity index (χ4n) is 7.70. The highest BCUT2D eigenvalue weighted by atomic mass is 16.7. The molecule has 3 aromatic carbocycles. The van der Waals surface area contributed by atoms with Gasteiger partial charge in [0.05, 0.1) is 24.9 Å². The minimum Gasteiger partial charge on any atom is -0.486 e. The third kappa shape index (κ3) is 6.94. The topological polar surface area (TPSA) is 283 Å². The fourth-order valence-corrected chi connectivity index (χ4v) is 7.70. The molecule has 3 aliphatic heterocycles. The first-order chi connectivity index (χ1) is 26.9. The van der Waals surface area contributed by atoms with Gasteiger partial charge in [0.15, 0.2) is 28.7 Å². The van der Waals surface area contributed by atoms with Gasteiger partial charge in [-0.3, -0.25) is 30.8 Å². The summed E-state index contributed by atoms with van der Waals surface area (Å²) < 4.78 is 18.3. The van der Waals surface area contributed by atoms with E-state index < -0.39 is 92.6 Å². The van der Waals surface area contributed by atoms with E-state index in [0.717, 1.165) is 0 Å². The van der Waals surface area contributed by atoms with Crippen molar-refractivity contribution in [1.29, 1.82) is 0 Å². The zero-order valence-corrected chi connectivity index (χ0v) is 29.9. The average Bonchev–Trinajstić information content (AvgIpc) is 3.61. The number of ether oxygens (including phenoxy) is 3. The zero-order chi connectivity index (χ0) is 39.9. The molecule has 3 heterocycles. The van der Waals surface area contributed by atoms with Gasteiger partial charge in [-0.15, -0.1) is 0 Å². The molecule has 56 heavy (non-hydrogen) atoms. The summed E-state index contributed by atoms with van der Waals surface area (Å²) in [5.74, 6) is -2.11. The van der Waals surface area contributed by atoms with Crippen molar-refractivity contribution in [2.45, 2.75) is 74.1 Å². The summed E-state index contributed by atoms with van der Waals surface area (Å²) in [5, 5.41) is 73.2. The van der Waals surface area contributed by atoms with Crippen molar-refractivity contribution in [3.63, 3.8) is 0 Å². The second kappa shape index (κ2) is 15.9. The van der Waals surface area contributed by atoms with Crippen LogP contribution in [-0.2, 0) is 20.7 Å². The number of carbonyl (C=O) groups excluding carboxylic acids is 4. The van der Waals surface area contributed by atoms with Gasteiger partial charge in [-0.2, -0.15) is 0 Å². The van der Waals surface area contributed by atoms with Crippen molar-refractivity contribution >= 4 is 29.4 Å². The lowest BCUT2D eigenvalue weighted by Gasteiger charge is -2.47. The number of rotatable bonds is 13. The lowest BCUT2D eigenvalue weighted by Crippen LogP contribution is -2.70. The monoisotopic (exact) mass is 777 g/mol. The van der Waals surface area contributed by atoms with Gasteiger partial charge in [0, 0.05) is 53.8 Å². The maximum absolute atomic E-state index is 14.3. The van der Waals surface area contributed by atoms with E-state index in [9.17, 15) is 49.8 Å². The van der Waals surface area contributed by atoms with E-state index >= 15 is 0 Å². The van der Waals surface area contributed by atoms with Gasteiger partial charge in [-0.05, 0) is 17.7 Å². The molecule has 9 atom stereocenters. The summed E-state index contributed by atoms with van der Waals surface area (Å²) >= 11 is 0. The van der Waals surface area contributed by atoms with Gasteiger partial charge in [0.1, 0.15) is 49.7 Å². The summed E-state index contributed by atoms with van der Waals surface area (Å²) in [7, 11) is 0. The number of nitrogens with zero attached hydrogens (tertiary/aromatic N) is 1. The third-order valence-corrected chi connectivity index (χ3v) is 10.6. The van der Waals surface area contributed by atoms with Gasteiger partial charge >= 0.3 is 0 Å². The van der Waals surface area contributed by atoms with E-state index in [2.05, 4.69) is 16.0 Å². The van der Waals surface area contributed by atoms with Crippen molar-refractivity contribution in [2.24, 2.45) is 5.73 Å². The predicted molar refractivity (Wildman–Crippen MR) is 194 cm³/mol. The standard InChI is InChI=1S/C38H43N5O13/c39-37-41-34-27(35(52)42-37)40-17-43(34)24-8-4-1-5-18(24)13-19-14-23-26(29(49)22-7-3-2-6-21(22)28(23)48)32(54-16-20(47)9-11-44)31(19)56-36-38(53,10-12-45)33(51)30(50)25(15-46)55-36/h1-8,11,14,20,25,27,30,33-34,36-37,40-41,45-47,50-51,53H,9-10,12-13,15-17,39H2,(H,42,52). The smallest absolute Gasteiger partial charge is 0.242 e. The summed E-state index contributed by atoms with van der Waals surface area (Å²) in [4.78, 5) is 54.5. The van der Waals surface area contributed by atoms with Crippen LogP contribution in [-0.4, -0.2) is 136 Å². The molecule has 1 aliphatic carbocycles. The van der Waals surface area contributed by atoms with Crippen LogP contribution in [0.5, 0.6) is 11.5 Å². The highest BCUT2D eigenvalue weighted by Crippen LogP contribution is 2.46. The Kier molecular flexibility index (Phi) is 11.2. The van der Waals surface area contributed by atoms with Crippen molar-refractivity contribution in [2.75, 3.05) is 31.4 Å². The highest BCUT2D eigenvalue weighted by Gasteiger charge is 2.56. The molecule has 298 valence electrons. The van der Waals surface area contributed by atoms with Crippen molar-refractivity contribution < 1.29 is 64.0 Å². The number of aldehydes is 1. The molecular weight excluding hydrogens is 734 g/mol. The van der Waals surface area contributed by atoms with E-state index in [1.54, 1.807) is 30.3 Å². The number of fused-ring (bicyclic) bond motifs is 3. The number of carbonyl (C=O) groups is 4. The Bertz CT molecular complexity index is 2020. The normalized spacial score (nSPS) is 28.9. The summed E-state index contributed by atoms with van der Waals surface area (Å²) in [6.07, 6.45) is -10.5. The van der Waals surface area contributed by atoms with E-state index in [4.69, 9.17) is 19.9 Å². The predicted octanol–water partition coefficient (Wildman–Crippen LogP) is -2.66. The van der Waals surface area contributed by atoms with E-state index in [-0.39, 0.29) is 64.7 Å². The number of benzene rings is 3. The first-order valence-corrected chi connectivity index (χ1v) is 18.1. The van der Waals surface area contributed by atoms with Crippen LogP contribution in [0.1, 0.15) is 55.8 Å². The molecule has 4 aliphatic rings. The summed E-state index contributed by atoms with van der Waals surface area (Å²) in [6.45, 7) is -1.85. The fraction of sp³-hybridized carbons (Fsp3) is 0.421.